The van der Waals surface area contributed by atoms with E-state index >= 15 is 0 Å². The van der Waals surface area contributed by atoms with E-state index in [1.54, 1.807) is 0 Å². The third-order valence-electron chi connectivity index (χ3n) is 4.08. The molecule has 0 atom stereocenters. The first kappa shape index (κ1) is 15.3. The van der Waals surface area contributed by atoms with Gasteiger partial charge in [-0.1, -0.05) is 25.7 Å². The number of imidazole rings is 1. The first-order valence-corrected chi connectivity index (χ1v) is 8.69. The predicted octanol–water partition coefficient (Wildman–Crippen LogP) is 3.22. The molecule has 0 spiro atoms. The highest BCUT2D eigenvalue weighted by Gasteiger charge is 2.12. The summed E-state index contributed by atoms with van der Waals surface area (Å²) in [6.07, 6.45) is 11.6. The van der Waals surface area contributed by atoms with Crippen LogP contribution in [0.15, 0.2) is 34.0 Å². The predicted molar refractivity (Wildman–Crippen MR) is 92.8 cm³/mol. The van der Waals surface area contributed by atoms with Crippen molar-refractivity contribution in [2.75, 3.05) is 0 Å². The van der Waals surface area contributed by atoms with Gasteiger partial charge >= 0.3 is 0 Å². The van der Waals surface area contributed by atoms with Gasteiger partial charge in [0.15, 0.2) is 5.96 Å². The molecule has 1 saturated carbocycles. The molecule has 2 aromatic rings. The number of fused-ring (bicyclic) bond motifs is 1. The highest BCUT2D eigenvalue weighted by Crippen LogP contribution is 2.17. The molecule has 6 heteroatoms. The van der Waals surface area contributed by atoms with Crippen LogP contribution in [0.2, 0.25) is 0 Å². The lowest BCUT2D eigenvalue weighted by Crippen LogP contribution is -2.39. The quantitative estimate of drug-likeness (QED) is 0.499. The Morgan fingerprint density at radius 3 is 2.82 bits per heavy atom. The van der Waals surface area contributed by atoms with Crippen molar-refractivity contribution in [3.05, 3.63) is 34.7 Å². The van der Waals surface area contributed by atoms with Crippen LogP contribution in [-0.4, -0.2) is 21.4 Å². The number of nitrogens with two attached hydrogens (primary N) is 1. The molecule has 118 valence electrons. The second-order valence-electron chi connectivity index (χ2n) is 5.88. The summed E-state index contributed by atoms with van der Waals surface area (Å²) in [6, 6.07) is 4.44. The Bertz CT molecular complexity index is 656. The largest absolute Gasteiger partial charge is 0.370 e. The van der Waals surface area contributed by atoms with Gasteiger partial charge in [0.2, 0.25) is 0 Å². The van der Waals surface area contributed by atoms with E-state index in [9.17, 15) is 0 Å². The summed E-state index contributed by atoms with van der Waals surface area (Å²) in [5.74, 6) is 0.533. The van der Waals surface area contributed by atoms with Crippen LogP contribution >= 0.6 is 15.9 Å². The van der Waals surface area contributed by atoms with Crippen molar-refractivity contribution in [3.8, 4) is 0 Å². The summed E-state index contributed by atoms with van der Waals surface area (Å²) in [6.45, 7) is 0.505. The number of hydrogen-bond acceptors (Lipinski definition) is 2. The van der Waals surface area contributed by atoms with Crippen molar-refractivity contribution in [2.24, 2.45) is 10.7 Å². The molecule has 1 aliphatic carbocycles. The fraction of sp³-hybridized carbons (Fsp3) is 0.500. The Morgan fingerprint density at radius 2 is 2.05 bits per heavy atom. The molecule has 2 heterocycles. The monoisotopic (exact) mass is 363 g/mol. The molecule has 1 aliphatic rings. The Morgan fingerprint density at radius 1 is 1.27 bits per heavy atom. The SMILES string of the molecule is NC(=NCc1cn2cc(Br)ccc2n1)NC1CCCCCC1. The lowest BCUT2D eigenvalue weighted by atomic mass is 10.1. The molecule has 0 amide bonds. The maximum atomic E-state index is 6.02. The number of rotatable bonds is 3. The van der Waals surface area contributed by atoms with Crippen molar-refractivity contribution in [1.82, 2.24) is 14.7 Å². The van der Waals surface area contributed by atoms with E-state index < -0.39 is 0 Å². The number of nitrogens with zero attached hydrogens (tertiary/aromatic N) is 3. The van der Waals surface area contributed by atoms with Crippen LogP contribution in [0.3, 0.4) is 0 Å². The lowest BCUT2D eigenvalue weighted by Gasteiger charge is -2.16. The molecule has 0 radical (unpaired) electrons. The minimum absolute atomic E-state index is 0.475. The van der Waals surface area contributed by atoms with E-state index in [1.165, 1.54) is 38.5 Å². The smallest absolute Gasteiger partial charge is 0.189 e. The minimum Gasteiger partial charge on any atom is -0.370 e. The molecule has 3 N–H and O–H groups in total. The zero-order valence-corrected chi connectivity index (χ0v) is 14.2. The maximum absolute atomic E-state index is 6.02. The van der Waals surface area contributed by atoms with Crippen LogP contribution in [-0.2, 0) is 6.54 Å². The molecular formula is C16H22BrN5. The number of hydrogen-bond donors (Lipinski definition) is 2. The number of guanidine groups is 1. The number of aliphatic imine (C=N–C) groups is 1. The second-order valence-corrected chi connectivity index (χ2v) is 6.79. The molecule has 5 nitrogen and oxygen atoms in total. The summed E-state index contributed by atoms with van der Waals surface area (Å²) in [5.41, 5.74) is 7.86. The van der Waals surface area contributed by atoms with E-state index in [1.807, 2.05) is 28.9 Å². The average Bonchev–Trinajstić information content (AvgIpc) is 2.72. The fourth-order valence-corrected chi connectivity index (χ4v) is 3.29. The number of aromatic nitrogens is 2. The zero-order chi connectivity index (χ0) is 15.4. The molecule has 0 aliphatic heterocycles. The lowest BCUT2D eigenvalue weighted by molar-refractivity contribution is 0.530. The normalized spacial score (nSPS) is 17.6. The molecule has 2 aromatic heterocycles. The van der Waals surface area contributed by atoms with Crippen LogP contribution in [0.25, 0.3) is 5.65 Å². The summed E-state index contributed by atoms with van der Waals surface area (Å²) < 4.78 is 3.02. The summed E-state index contributed by atoms with van der Waals surface area (Å²) >= 11 is 3.46. The molecule has 22 heavy (non-hydrogen) atoms. The van der Waals surface area contributed by atoms with E-state index in [-0.39, 0.29) is 0 Å². The van der Waals surface area contributed by atoms with Crippen LogP contribution in [0.1, 0.15) is 44.2 Å². The van der Waals surface area contributed by atoms with Crippen LogP contribution in [0, 0.1) is 0 Å². The first-order chi connectivity index (χ1) is 10.7. The molecule has 0 bridgehead atoms. The van der Waals surface area contributed by atoms with Gasteiger partial charge in [0, 0.05) is 22.9 Å². The van der Waals surface area contributed by atoms with E-state index in [0.717, 1.165) is 15.8 Å². The minimum atomic E-state index is 0.475. The standard InChI is InChI=1S/C16H22BrN5/c17-12-7-8-15-20-14(11-22(15)10-12)9-19-16(18)21-13-5-3-1-2-4-6-13/h7-8,10-11,13H,1-6,9H2,(H3,18,19,21). The van der Waals surface area contributed by atoms with Gasteiger partial charge in [0.25, 0.3) is 0 Å². The van der Waals surface area contributed by atoms with E-state index in [2.05, 4.69) is 31.2 Å². The van der Waals surface area contributed by atoms with E-state index in [4.69, 9.17) is 5.73 Å². The van der Waals surface area contributed by atoms with Gasteiger partial charge in [0.05, 0.1) is 12.2 Å². The number of pyridine rings is 1. The van der Waals surface area contributed by atoms with Crippen LogP contribution < -0.4 is 11.1 Å². The molecule has 0 unspecified atom stereocenters. The summed E-state index contributed by atoms with van der Waals surface area (Å²) in [5, 5.41) is 3.36. The highest BCUT2D eigenvalue weighted by molar-refractivity contribution is 9.10. The zero-order valence-electron chi connectivity index (χ0n) is 12.6. The van der Waals surface area contributed by atoms with Gasteiger partial charge in [-0.15, -0.1) is 0 Å². The third-order valence-corrected chi connectivity index (χ3v) is 4.55. The molecule has 0 saturated heterocycles. The number of nitrogens with one attached hydrogen (secondary N) is 1. The third kappa shape index (κ3) is 4.00. The van der Waals surface area contributed by atoms with E-state index in [0.29, 0.717) is 18.5 Å². The summed E-state index contributed by atoms with van der Waals surface area (Å²) in [7, 11) is 0. The van der Waals surface area contributed by atoms with Gasteiger partial charge in [-0.25, -0.2) is 9.98 Å². The topological polar surface area (TPSA) is 67.7 Å². The van der Waals surface area contributed by atoms with Crippen molar-refractivity contribution in [3.63, 3.8) is 0 Å². The van der Waals surface area contributed by atoms with Crippen molar-refractivity contribution >= 4 is 27.5 Å². The van der Waals surface area contributed by atoms with Crippen molar-refractivity contribution < 1.29 is 0 Å². The van der Waals surface area contributed by atoms with Gasteiger partial charge in [0.1, 0.15) is 5.65 Å². The van der Waals surface area contributed by atoms with Crippen LogP contribution in [0.5, 0.6) is 0 Å². The molecule has 3 rings (SSSR count). The van der Waals surface area contributed by atoms with Gasteiger partial charge in [-0.2, -0.15) is 0 Å². The molecular weight excluding hydrogens is 342 g/mol. The average molecular weight is 364 g/mol. The molecule has 0 aromatic carbocycles. The Labute approximate surface area is 139 Å². The first-order valence-electron chi connectivity index (χ1n) is 7.90. The molecule has 1 fully saturated rings. The van der Waals surface area contributed by atoms with Gasteiger partial charge in [-0.3, -0.25) is 0 Å². The Hall–Kier alpha value is -1.56. The van der Waals surface area contributed by atoms with Gasteiger partial charge < -0.3 is 15.5 Å². The summed E-state index contributed by atoms with van der Waals surface area (Å²) in [4.78, 5) is 8.97. The number of halogens is 1. The van der Waals surface area contributed by atoms with Gasteiger partial charge in [-0.05, 0) is 40.9 Å². The Kier molecular flexibility index (Phi) is 4.97. The Balaban J connectivity index is 1.61. The van der Waals surface area contributed by atoms with Crippen LogP contribution in [0.4, 0.5) is 0 Å². The second kappa shape index (κ2) is 7.13. The highest BCUT2D eigenvalue weighted by atomic mass is 79.9. The maximum Gasteiger partial charge on any atom is 0.189 e. The van der Waals surface area contributed by atoms with Crippen molar-refractivity contribution in [1.29, 1.82) is 0 Å². The fourth-order valence-electron chi connectivity index (χ4n) is 2.94. The van der Waals surface area contributed by atoms with Crippen molar-refractivity contribution in [2.45, 2.75) is 51.1 Å².